The van der Waals surface area contributed by atoms with Crippen molar-refractivity contribution in [3.8, 4) is 11.5 Å². The number of nitrogens with zero attached hydrogens (tertiary/aromatic N) is 2. The first-order valence-corrected chi connectivity index (χ1v) is 9.92. The summed E-state index contributed by atoms with van der Waals surface area (Å²) in [7, 11) is 1.50. The van der Waals surface area contributed by atoms with Gasteiger partial charge in [-0.05, 0) is 23.3 Å². The number of anilines is 1. The van der Waals surface area contributed by atoms with Crippen LogP contribution in [-0.2, 0) is 24.4 Å². The predicted molar refractivity (Wildman–Crippen MR) is 117 cm³/mol. The van der Waals surface area contributed by atoms with E-state index < -0.39 is 4.92 Å². The molecule has 7 heteroatoms. The Hall–Kier alpha value is -3.87. The van der Waals surface area contributed by atoms with Gasteiger partial charge >= 0.3 is 0 Å². The number of benzene rings is 3. The lowest BCUT2D eigenvalue weighted by Gasteiger charge is -2.24. The Labute approximate surface area is 180 Å². The van der Waals surface area contributed by atoms with Gasteiger partial charge in [0.05, 0.1) is 36.2 Å². The van der Waals surface area contributed by atoms with Crippen LogP contribution in [-0.4, -0.2) is 24.4 Å². The molecule has 0 amide bonds. The van der Waals surface area contributed by atoms with Crippen molar-refractivity contribution in [3.63, 3.8) is 0 Å². The van der Waals surface area contributed by atoms with Crippen LogP contribution >= 0.6 is 0 Å². The van der Waals surface area contributed by atoms with Crippen LogP contribution in [0.4, 0.5) is 11.4 Å². The van der Waals surface area contributed by atoms with Gasteiger partial charge < -0.3 is 19.2 Å². The third-order valence-corrected chi connectivity index (χ3v) is 5.43. The molecule has 0 saturated carbocycles. The molecular formula is C24H22N2O5. The van der Waals surface area contributed by atoms with Crippen molar-refractivity contribution in [2.75, 3.05) is 12.0 Å². The minimum absolute atomic E-state index is 0.0714. The van der Waals surface area contributed by atoms with E-state index in [4.69, 9.17) is 9.47 Å². The van der Waals surface area contributed by atoms with Gasteiger partial charge in [-0.25, -0.2) is 0 Å². The van der Waals surface area contributed by atoms with Crippen molar-refractivity contribution >= 4 is 17.7 Å². The SMILES string of the molecule is COc1cc(CN2c3ccccc3C[C@H]2C=O)c([N+](=O)[O-])cc1OCc1ccccc1. The molecule has 1 heterocycles. The molecule has 1 aliphatic heterocycles. The Morgan fingerprint density at radius 2 is 1.84 bits per heavy atom. The normalized spacial score (nSPS) is 14.7. The Morgan fingerprint density at radius 1 is 1.10 bits per heavy atom. The van der Waals surface area contributed by atoms with Crippen LogP contribution in [0.15, 0.2) is 66.7 Å². The molecular weight excluding hydrogens is 396 g/mol. The van der Waals surface area contributed by atoms with Gasteiger partial charge in [-0.15, -0.1) is 0 Å². The lowest BCUT2D eigenvalue weighted by molar-refractivity contribution is -0.385. The largest absolute Gasteiger partial charge is 0.493 e. The van der Waals surface area contributed by atoms with Gasteiger partial charge in [-0.2, -0.15) is 0 Å². The van der Waals surface area contributed by atoms with Gasteiger partial charge in [0.1, 0.15) is 12.9 Å². The number of fused-ring (bicyclic) bond motifs is 1. The quantitative estimate of drug-likeness (QED) is 0.308. The second-order valence-electron chi connectivity index (χ2n) is 7.33. The van der Waals surface area contributed by atoms with Crippen molar-refractivity contribution in [1.82, 2.24) is 0 Å². The smallest absolute Gasteiger partial charge is 0.278 e. The maximum absolute atomic E-state index is 11.8. The molecule has 1 atom stereocenters. The van der Waals surface area contributed by atoms with E-state index in [0.29, 0.717) is 23.5 Å². The molecule has 0 N–H and O–H groups in total. The lowest BCUT2D eigenvalue weighted by Crippen LogP contribution is -2.32. The first kappa shape index (κ1) is 20.4. The molecule has 1 aliphatic rings. The van der Waals surface area contributed by atoms with Crippen LogP contribution in [0.25, 0.3) is 0 Å². The highest BCUT2D eigenvalue weighted by Crippen LogP contribution is 2.39. The van der Waals surface area contributed by atoms with E-state index in [2.05, 4.69) is 0 Å². The summed E-state index contributed by atoms with van der Waals surface area (Å²) in [5.41, 5.74) is 3.29. The predicted octanol–water partition coefficient (Wildman–Crippen LogP) is 4.31. The summed E-state index contributed by atoms with van der Waals surface area (Å²) < 4.78 is 11.3. The minimum atomic E-state index is -0.429. The standard InChI is InChI=1S/C24H22N2O5/c1-30-23-12-19(14-25-20(15-27)11-18-9-5-6-10-21(18)25)22(26(28)29)13-24(23)31-16-17-7-3-2-4-8-17/h2-10,12-13,15,20H,11,14,16H2,1H3/t20-/m0/s1. The summed E-state index contributed by atoms with van der Waals surface area (Å²) in [5.74, 6) is 0.710. The number of para-hydroxylation sites is 1. The van der Waals surface area contributed by atoms with Crippen LogP contribution in [0.3, 0.4) is 0 Å². The van der Waals surface area contributed by atoms with E-state index in [0.717, 1.165) is 23.1 Å². The first-order chi connectivity index (χ1) is 15.1. The van der Waals surface area contributed by atoms with E-state index in [1.165, 1.54) is 13.2 Å². The van der Waals surface area contributed by atoms with Crippen LogP contribution in [0, 0.1) is 10.1 Å². The molecule has 0 bridgehead atoms. The highest BCUT2D eigenvalue weighted by atomic mass is 16.6. The second kappa shape index (κ2) is 8.87. The zero-order valence-electron chi connectivity index (χ0n) is 17.1. The van der Waals surface area contributed by atoms with E-state index in [1.807, 2.05) is 59.5 Å². The van der Waals surface area contributed by atoms with Gasteiger partial charge in [-0.1, -0.05) is 48.5 Å². The number of rotatable bonds is 8. The third kappa shape index (κ3) is 4.21. The molecule has 3 aromatic rings. The number of hydrogen-bond acceptors (Lipinski definition) is 6. The number of methoxy groups -OCH3 is 1. The zero-order valence-corrected chi connectivity index (χ0v) is 17.1. The molecule has 4 rings (SSSR count). The number of aldehydes is 1. The molecule has 0 fully saturated rings. The fraction of sp³-hybridized carbons (Fsp3) is 0.208. The highest BCUT2D eigenvalue weighted by Gasteiger charge is 2.31. The van der Waals surface area contributed by atoms with Crippen molar-refractivity contribution in [2.24, 2.45) is 0 Å². The molecule has 0 aromatic heterocycles. The van der Waals surface area contributed by atoms with E-state index in [1.54, 1.807) is 6.07 Å². The van der Waals surface area contributed by atoms with Crippen LogP contribution in [0.1, 0.15) is 16.7 Å². The van der Waals surface area contributed by atoms with Gasteiger partial charge in [-0.3, -0.25) is 10.1 Å². The third-order valence-electron chi connectivity index (χ3n) is 5.43. The summed E-state index contributed by atoms with van der Waals surface area (Å²) in [4.78, 5) is 25.0. The summed E-state index contributed by atoms with van der Waals surface area (Å²) in [6.07, 6.45) is 1.48. The van der Waals surface area contributed by atoms with Crippen LogP contribution < -0.4 is 14.4 Å². The molecule has 0 saturated heterocycles. The maximum Gasteiger partial charge on any atom is 0.278 e. The lowest BCUT2D eigenvalue weighted by atomic mass is 10.1. The van der Waals surface area contributed by atoms with Gasteiger partial charge in [0.25, 0.3) is 5.69 Å². The monoisotopic (exact) mass is 418 g/mol. The van der Waals surface area contributed by atoms with E-state index >= 15 is 0 Å². The number of hydrogen-bond donors (Lipinski definition) is 0. The van der Waals surface area contributed by atoms with E-state index in [-0.39, 0.29) is 24.9 Å². The summed E-state index contributed by atoms with van der Waals surface area (Å²) in [6, 6.07) is 19.9. The van der Waals surface area contributed by atoms with Crippen LogP contribution in [0.5, 0.6) is 11.5 Å². The first-order valence-electron chi connectivity index (χ1n) is 9.92. The number of nitro groups is 1. The minimum Gasteiger partial charge on any atom is -0.493 e. The number of carbonyl (C=O) groups excluding carboxylic acids is 1. The van der Waals surface area contributed by atoms with E-state index in [9.17, 15) is 14.9 Å². The average molecular weight is 418 g/mol. The molecule has 31 heavy (non-hydrogen) atoms. The van der Waals surface area contributed by atoms with Crippen molar-refractivity contribution in [1.29, 1.82) is 0 Å². The molecule has 158 valence electrons. The summed E-state index contributed by atoms with van der Waals surface area (Å²) in [6.45, 7) is 0.479. The van der Waals surface area contributed by atoms with Crippen LogP contribution in [0.2, 0.25) is 0 Å². The van der Waals surface area contributed by atoms with Crippen molar-refractivity contribution in [2.45, 2.75) is 25.6 Å². The number of ether oxygens (including phenoxy) is 2. The molecule has 3 aromatic carbocycles. The Kier molecular flexibility index (Phi) is 5.84. The highest BCUT2D eigenvalue weighted by molar-refractivity contribution is 5.74. The van der Waals surface area contributed by atoms with Crippen molar-refractivity contribution in [3.05, 3.63) is 93.5 Å². The Bertz CT molecular complexity index is 1100. The summed E-state index contributed by atoms with van der Waals surface area (Å²) in [5, 5.41) is 11.8. The molecule has 7 nitrogen and oxygen atoms in total. The molecule has 0 unspecified atom stereocenters. The average Bonchev–Trinajstić information content (AvgIpc) is 3.16. The van der Waals surface area contributed by atoms with Gasteiger partial charge in [0.2, 0.25) is 0 Å². The second-order valence-corrected chi connectivity index (χ2v) is 7.33. The molecule has 0 radical (unpaired) electrons. The Balaban J connectivity index is 1.66. The maximum atomic E-state index is 11.8. The Morgan fingerprint density at radius 3 is 2.55 bits per heavy atom. The van der Waals surface area contributed by atoms with Crippen molar-refractivity contribution < 1.29 is 19.2 Å². The summed E-state index contributed by atoms with van der Waals surface area (Å²) >= 11 is 0. The topological polar surface area (TPSA) is 81.9 Å². The number of carbonyl (C=O) groups is 1. The molecule has 0 aliphatic carbocycles. The zero-order chi connectivity index (χ0) is 21.8. The van der Waals surface area contributed by atoms with Gasteiger partial charge in [0.15, 0.2) is 11.5 Å². The fourth-order valence-electron chi connectivity index (χ4n) is 3.88. The molecule has 0 spiro atoms. The number of nitro benzene ring substituents is 1. The van der Waals surface area contributed by atoms with Gasteiger partial charge in [0, 0.05) is 12.1 Å². The fourth-order valence-corrected chi connectivity index (χ4v) is 3.88.